The SMILES string of the molecule is COc1ccc(CN2C(=O)CCC(n3c(=O)n(C)c4cc(C5(OC)CCN(C(=O)OC(C)(C)C)CC5)ccc43)C2=O)cc1. The molecular weight excluding hydrogens is 552 g/mol. The number of imide groups is 1. The van der Waals surface area contributed by atoms with Gasteiger partial charge in [0.1, 0.15) is 17.4 Å². The van der Waals surface area contributed by atoms with E-state index >= 15 is 0 Å². The van der Waals surface area contributed by atoms with Crippen molar-refractivity contribution in [2.75, 3.05) is 27.3 Å². The molecule has 2 aromatic carbocycles. The molecule has 2 aliphatic heterocycles. The van der Waals surface area contributed by atoms with Crippen molar-refractivity contribution in [2.24, 2.45) is 7.05 Å². The molecule has 0 saturated carbocycles. The van der Waals surface area contributed by atoms with Crippen LogP contribution in [0.15, 0.2) is 47.3 Å². The molecule has 0 radical (unpaired) electrons. The van der Waals surface area contributed by atoms with E-state index in [4.69, 9.17) is 14.2 Å². The molecular formula is C32H40N4O7. The molecule has 230 valence electrons. The minimum absolute atomic E-state index is 0.124. The molecule has 2 aliphatic rings. The third kappa shape index (κ3) is 5.78. The quantitative estimate of drug-likeness (QED) is 0.396. The van der Waals surface area contributed by atoms with Crippen molar-refractivity contribution in [1.82, 2.24) is 18.9 Å². The standard InChI is InChI=1S/C32H40N4O7/c1-31(2,3)43-30(40)34-17-15-32(42-6,16-18-34)22-9-12-24-26(19-22)33(4)29(39)36(24)25-13-14-27(37)35(28(25)38)20-21-7-10-23(41-5)11-8-21/h7-12,19,25H,13-18,20H2,1-6H3. The van der Waals surface area contributed by atoms with Gasteiger partial charge in [0.2, 0.25) is 5.91 Å². The number of aromatic nitrogens is 2. The van der Waals surface area contributed by atoms with Crippen LogP contribution < -0.4 is 10.4 Å². The predicted octanol–water partition coefficient (Wildman–Crippen LogP) is 4.11. The molecule has 43 heavy (non-hydrogen) atoms. The number of imidazole rings is 1. The van der Waals surface area contributed by atoms with Gasteiger partial charge in [-0.15, -0.1) is 0 Å². The minimum Gasteiger partial charge on any atom is -0.497 e. The van der Waals surface area contributed by atoms with Crippen molar-refractivity contribution in [2.45, 2.75) is 70.2 Å². The van der Waals surface area contributed by atoms with Crippen molar-refractivity contribution in [3.05, 3.63) is 64.1 Å². The van der Waals surface area contributed by atoms with Crippen LogP contribution in [0, 0.1) is 0 Å². The highest BCUT2D eigenvalue weighted by Crippen LogP contribution is 2.38. The lowest BCUT2D eigenvalue weighted by Crippen LogP contribution is -2.47. The second kappa shape index (κ2) is 11.5. The van der Waals surface area contributed by atoms with Crippen molar-refractivity contribution in [3.8, 4) is 5.75 Å². The zero-order chi connectivity index (χ0) is 31.1. The van der Waals surface area contributed by atoms with Crippen molar-refractivity contribution in [1.29, 1.82) is 0 Å². The molecule has 1 unspecified atom stereocenters. The molecule has 0 spiro atoms. The maximum atomic E-state index is 13.7. The molecule has 0 bridgehead atoms. The van der Waals surface area contributed by atoms with Gasteiger partial charge in [-0.05, 0) is 75.4 Å². The fraction of sp³-hybridized carbons (Fsp3) is 0.500. The topological polar surface area (TPSA) is 112 Å². The summed E-state index contributed by atoms with van der Waals surface area (Å²) in [4.78, 5) is 55.7. The molecule has 3 heterocycles. The van der Waals surface area contributed by atoms with Crippen LogP contribution in [0.3, 0.4) is 0 Å². The second-order valence-corrected chi connectivity index (χ2v) is 12.3. The van der Waals surface area contributed by atoms with Crippen LogP contribution in [0.4, 0.5) is 4.79 Å². The zero-order valence-corrected chi connectivity index (χ0v) is 25.7. The Kier molecular flexibility index (Phi) is 8.13. The first-order chi connectivity index (χ1) is 20.4. The predicted molar refractivity (Wildman–Crippen MR) is 160 cm³/mol. The van der Waals surface area contributed by atoms with Gasteiger partial charge in [0, 0.05) is 33.7 Å². The average molecular weight is 593 g/mol. The first-order valence-electron chi connectivity index (χ1n) is 14.6. The summed E-state index contributed by atoms with van der Waals surface area (Å²) in [5.41, 5.74) is 1.43. The molecule has 2 saturated heterocycles. The van der Waals surface area contributed by atoms with Gasteiger partial charge in [0.25, 0.3) is 5.91 Å². The monoisotopic (exact) mass is 592 g/mol. The van der Waals surface area contributed by atoms with Gasteiger partial charge in [-0.1, -0.05) is 18.2 Å². The molecule has 3 aromatic rings. The van der Waals surface area contributed by atoms with E-state index in [-0.39, 0.29) is 37.1 Å². The van der Waals surface area contributed by atoms with Gasteiger partial charge in [0.05, 0.1) is 30.3 Å². The Labute approximate surface area is 250 Å². The molecule has 1 atom stereocenters. The van der Waals surface area contributed by atoms with Gasteiger partial charge in [-0.3, -0.25) is 23.6 Å². The number of hydrogen-bond acceptors (Lipinski definition) is 7. The molecule has 0 N–H and O–H groups in total. The van der Waals surface area contributed by atoms with Gasteiger partial charge in [-0.25, -0.2) is 9.59 Å². The minimum atomic E-state index is -0.800. The number of hydrogen-bond donors (Lipinski definition) is 0. The molecule has 5 rings (SSSR count). The second-order valence-electron chi connectivity index (χ2n) is 12.3. The number of carbonyl (C=O) groups excluding carboxylic acids is 3. The number of ether oxygens (including phenoxy) is 3. The fourth-order valence-corrected chi connectivity index (χ4v) is 6.08. The number of amides is 3. The fourth-order valence-electron chi connectivity index (χ4n) is 6.08. The normalized spacial score (nSPS) is 19.2. The Hall–Kier alpha value is -4.12. The number of aryl methyl sites for hydroxylation is 1. The molecule has 3 amide bonds. The molecule has 11 nitrogen and oxygen atoms in total. The van der Waals surface area contributed by atoms with E-state index in [9.17, 15) is 19.2 Å². The maximum absolute atomic E-state index is 13.7. The van der Waals surface area contributed by atoms with Crippen LogP contribution in [-0.2, 0) is 38.3 Å². The van der Waals surface area contributed by atoms with Crippen LogP contribution in [0.5, 0.6) is 5.75 Å². The van der Waals surface area contributed by atoms with E-state index in [0.717, 1.165) is 11.1 Å². The van der Waals surface area contributed by atoms with Crippen molar-refractivity contribution < 1.29 is 28.6 Å². The first kappa shape index (κ1) is 30.3. The van der Waals surface area contributed by atoms with Crippen LogP contribution in [0.1, 0.15) is 63.6 Å². The van der Waals surface area contributed by atoms with Crippen molar-refractivity contribution >= 4 is 28.9 Å². The summed E-state index contributed by atoms with van der Waals surface area (Å²) in [5.74, 6) is 0.0319. The van der Waals surface area contributed by atoms with Crippen LogP contribution in [0.25, 0.3) is 11.0 Å². The molecule has 1 aromatic heterocycles. The number of benzene rings is 2. The third-order valence-corrected chi connectivity index (χ3v) is 8.52. The van der Waals surface area contributed by atoms with E-state index in [1.807, 2.05) is 51.1 Å². The lowest BCUT2D eigenvalue weighted by Gasteiger charge is -2.41. The summed E-state index contributed by atoms with van der Waals surface area (Å²) in [6.07, 6.45) is 1.19. The van der Waals surface area contributed by atoms with E-state index in [0.29, 0.717) is 42.7 Å². The highest BCUT2D eigenvalue weighted by atomic mass is 16.6. The van der Waals surface area contributed by atoms with Crippen LogP contribution in [-0.4, -0.2) is 69.8 Å². The van der Waals surface area contributed by atoms with E-state index in [1.54, 1.807) is 38.3 Å². The van der Waals surface area contributed by atoms with Gasteiger partial charge in [0.15, 0.2) is 0 Å². The number of nitrogens with zero attached hydrogens (tertiary/aromatic N) is 4. The summed E-state index contributed by atoms with van der Waals surface area (Å²) in [5, 5.41) is 0. The van der Waals surface area contributed by atoms with E-state index < -0.39 is 23.2 Å². The molecule has 2 fully saturated rings. The first-order valence-corrected chi connectivity index (χ1v) is 14.6. The smallest absolute Gasteiger partial charge is 0.410 e. The maximum Gasteiger partial charge on any atom is 0.410 e. The van der Waals surface area contributed by atoms with Gasteiger partial charge >= 0.3 is 11.8 Å². The Morgan fingerprint density at radius 1 is 0.977 bits per heavy atom. The third-order valence-electron chi connectivity index (χ3n) is 8.52. The zero-order valence-electron chi connectivity index (χ0n) is 25.7. The lowest BCUT2D eigenvalue weighted by atomic mass is 9.84. The summed E-state index contributed by atoms with van der Waals surface area (Å²) < 4.78 is 19.9. The van der Waals surface area contributed by atoms with Gasteiger partial charge < -0.3 is 19.1 Å². The highest BCUT2D eigenvalue weighted by molar-refractivity contribution is 6.00. The highest BCUT2D eigenvalue weighted by Gasteiger charge is 2.40. The van der Waals surface area contributed by atoms with Crippen LogP contribution >= 0.6 is 0 Å². The number of methoxy groups -OCH3 is 2. The van der Waals surface area contributed by atoms with Gasteiger partial charge in [-0.2, -0.15) is 0 Å². The summed E-state index contributed by atoms with van der Waals surface area (Å²) in [6, 6.07) is 12.1. The summed E-state index contributed by atoms with van der Waals surface area (Å²) >= 11 is 0. The lowest BCUT2D eigenvalue weighted by molar-refractivity contribution is -0.151. The number of fused-ring (bicyclic) bond motifs is 1. The number of rotatable bonds is 6. The summed E-state index contributed by atoms with van der Waals surface area (Å²) in [7, 11) is 4.92. The Morgan fingerprint density at radius 3 is 2.26 bits per heavy atom. The number of piperidine rings is 2. The number of carbonyl (C=O) groups is 3. The van der Waals surface area contributed by atoms with Crippen molar-refractivity contribution in [3.63, 3.8) is 0 Å². The Bertz CT molecular complexity index is 1590. The molecule has 0 aliphatic carbocycles. The van der Waals surface area contributed by atoms with E-state index in [1.165, 1.54) is 14.0 Å². The largest absolute Gasteiger partial charge is 0.497 e. The number of likely N-dealkylation sites (tertiary alicyclic amines) is 2. The van der Waals surface area contributed by atoms with E-state index in [2.05, 4.69) is 0 Å². The Morgan fingerprint density at radius 2 is 1.65 bits per heavy atom. The average Bonchev–Trinajstić information content (AvgIpc) is 3.23. The Balaban J connectivity index is 1.41. The van der Waals surface area contributed by atoms with Crippen LogP contribution in [0.2, 0.25) is 0 Å². The summed E-state index contributed by atoms with van der Waals surface area (Å²) in [6.45, 7) is 6.59. The molecule has 11 heteroatoms.